The third-order valence-electron chi connectivity index (χ3n) is 2.34. The molecule has 5 nitrogen and oxygen atoms in total. The lowest BCUT2D eigenvalue weighted by Gasteiger charge is -2.05. The molecular weight excluding hydrogens is 252 g/mol. The van der Waals surface area contributed by atoms with Gasteiger partial charge < -0.3 is 10.1 Å². The van der Waals surface area contributed by atoms with Crippen LogP contribution in [0.2, 0.25) is 0 Å². The number of hydrogen-bond acceptors (Lipinski definition) is 5. The van der Waals surface area contributed by atoms with Gasteiger partial charge in [0.25, 0.3) is 0 Å². The van der Waals surface area contributed by atoms with Crippen molar-refractivity contribution in [2.45, 2.75) is 4.90 Å². The Morgan fingerprint density at radius 2 is 1.94 bits per heavy atom. The summed E-state index contributed by atoms with van der Waals surface area (Å²) in [4.78, 5) is 0.221. The monoisotopic (exact) mass is 268 g/mol. The van der Waals surface area contributed by atoms with Crippen LogP contribution in [0.5, 0.6) is 0 Å². The normalized spacial score (nSPS) is 11.1. The summed E-state index contributed by atoms with van der Waals surface area (Å²) in [7, 11) is -1.52. The first-order valence-electron chi connectivity index (χ1n) is 5.55. The summed E-state index contributed by atoms with van der Waals surface area (Å²) in [6.07, 6.45) is 0. The number of nitrogens with one attached hydrogen (secondary N) is 1. The molecule has 0 atom stereocenters. The molecular formula is C12H16N2O3S. The zero-order valence-electron chi connectivity index (χ0n) is 10.2. The molecule has 0 fully saturated rings. The minimum absolute atomic E-state index is 0.0530. The molecule has 1 aromatic carbocycles. The minimum Gasteiger partial charge on any atom is -0.379 e. The van der Waals surface area contributed by atoms with Crippen LogP contribution < -0.4 is 5.32 Å². The number of ether oxygens (including phenoxy) is 1. The molecule has 0 saturated heterocycles. The van der Waals surface area contributed by atoms with Crippen molar-refractivity contribution in [3.8, 4) is 6.07 Å². The highest BCUT2D eigenvalue weighted by molar-refractivity contribution is 7.91. The number of nitrogens with zero attached hydrogens (tertiary/aromatic N) is 1. The molecule has 1 rings (SSSR count). The summed E-state index contributed by atoms with van der Waals surface area (Å²) in [5, 5.41) is 11.5. The van der Waals surface area contributed by atoms with Crippen LogP contribution in [-0.4, -0.2) is 41.0 Å². The van der Waals surface area contributed by atoms with E-state index in [1.54, 1.807) is 7.05 Å². The molecule has 1 aromatic rings. The van der Waals surface area contributed by atoms with Crippen molar-refractivity contribution in [1.82, 2.24) is 5.32 Å². The Labute approximate surface area is 107 Å². The number of likely N-dealkylation sites (N-methyl/N-ethyl adjacent to an activating group) is 1. The first-order valence-corrected chi connectivity index (χ1v) is 7.20. The van der Waals surface area contributed by atoms with Gasteiger partial charge in [0.05, 0.1) is 35.5 Å². The SMILES string of the molecule is CNCCOCCS(=O)(=O)c1ccc(C#N)cc1. The molecule has 0 aromatic heterocycles. The van der Waals surface area contributed by atoms with Gasteiger partial charge in [0.1, 0.15) is 0 Å². The van der Waals surface area contributed by atoms with Gasteiger partial charge in [0, 0.05) is 6.54 Å². The fourth-order valence-corrected chi connectivity index (χ4v) is 2.42. The van der Waals surface area contributed by atoms with Gasteiger partial charge in [-0.25, -0.2) is 8.42 Å². The standard InChI is InChI=1S/C12H16N2O3S/c1-14-6-7-17-8-9-18(15,16)12-4-2-11(10-13)3-5-12/h2-5,14H,6-9H2,1H3. The van der Waals surface area contributed by atoms with Crippen molar-refractivity contribution < 1.29 is 13.2 Å². The maximum absolute atomic E-state index is 11.9. The Bertz CT molecular complexity index is 503. The van der Waals surface area contributed by atoms with Gasteiger partial charge in [0.15, 0.2) is 9.84 Å². The Balaban J connectivity index is 2.55. The average Bonchev–Trinajstić information content (AvgIpc) is 2.38. The molecule has 0 radical (unpaired) electrons. The smallest absolute Gasteiger partial charge is 0.180 e. The Hall–Kier alpha value is -1.42. The van der Waals surface area contributed by atoms with E-state index in [1.807, 2.05) is 6.07 Å². The van der Waals surface area contributed by atoms with Crippen LogP contribution in [0.15, 0.2) is 29.2 Å². The summed E-state index contributed by atoms with van der Waals surface area (Å²) in [6, 6.07) is 7.83. The topological polar surface area (TPSA) is 79.2 Å². The molecule has 1 N–H and O–H groups in total. The number of nitriles is 1. The number of sulfone groups is 1. The van der Waals surface area contributed by atoms with Crippen LogP contribution in [-0.2, 0) is 14.6 Å². The third-order valence-corrected chi connectivity index (χ3v) is 4.03. The number of hydrogen-bond donors (Lipinski definition) is 1. The van der Waals surface area contributed by atoms with E-state index in [0.717, 1.165) is 0 Å². The predicted octanol–water partition coefficient (Wildman–Crippen LogP) is 0.568. The molecule has 0 spiro atoms. The highest BCUT2D eigenvalue weighted by Crippen LogP contribution is 2.12. The van der Waals surface area contributed by atoms with E-state index in [4.69, 9.17) is 10.00 Å². The Morgan fingerprint density at radius 1 is 1.28 bits per heavy atom. The van der Waals surface area contributed by atoms with E-state index in [1.165, 1.54) is 24.3 Å². The first-order chi connectivity index (χ1) is 8.60. The molecule has 98 valence electrons. The zero-order valence-corrected chi connectivity index (χ0v) is 11.0. The van der Waals surface area contributed by atoms with Crippen LogP contribution in [0.4, 0.5) is 0 Å². The van der Waals surface area contributed by atoms with Crippen molar-refractivity contribution >= 4 is 9.84 Å². The van der Waals surface area contributed by atoms with Crippen LogP contribution in [0.25, 0.3) is 0 Å². The molecule has 6 heteroatoms. The van der Waals surface area contributed by atoms with Crippen LogP contribution in [0.1, 0.15) is 5.56 Å². The van der Waals surface area contributed by atoms with Gasteiger partial charge in [0.2, 0.25) is 0 Å². The lowest BCUT2D eigenvalue weighted by atomic mass is 10.2. The van der Waals surface area contributed by atoms with Crippen molar-refractivity contribution in [3.63, 3.8) is 0 Å². The molecule has 0 heterocycles. The van der Waals surface area contributed by atoms with E-state index in [0.29, 0.717) is 18.7 Å². The van der Waals surface area contributed by atoms with Crippen molar-refractivity contribution in [2.75, 3.05) is 32.6 Å². The van der Waals surface area contributed by atoms with E-state index in [2.05, 4.69) is 5.32 Å². The molecule has 18 heavy (non-hydrogen) atoms. The van der Waals surface area contributed by atoms with Crippen molar-refractivity contribution in [1.29, 1.82) is 5.26 Å². The molecule has 0 aliphatic carbocycles. The van der Waals surface area contributed by atoms with E-state index in [-0.39, 0.29) is 17.3 Å². The second-order valence-corrected chi connectivity index (χ2v) is 5.78. The van der Waals surface area contributed by atoms with Crippen molar-refractivity contribution in [3.05, 3.63) is 29.8 Å². The summed E-state index contributed by atoms with van der Waals surface area (Å²) in [5.41, 5.74) is 0.444. The van der Waals surface area contributed by atoms with Gasteiger partial charge in [-0.1, -0.05) is 0 Å². The minimum atomic E-state index is -3.33. The Kier molecular flexibility index (Phi) is 5.78. The molecule has 0 aliphatic rings. The lowest BCUT2D eigenvalue weighted by Crippen LogP contribution is -2.18. The van der Waals surface area contributed by atoms with Crippen LogP contribution >= 0.6 is 0 Å². The summed E-state index contributed by atoms with van der Waals surface area (Å²) in [5.74, 6) is -0.0530. The molecule has 0 unspecified atom stereocenters. The first kappa shape index (κ1) is 14.6. The molecule has 0 bridgehead atoms. The van der Waals surface area contributed by atoms with Gasteiger partial charge in [-0.05, 0) is 31.3 Å². The van der Waals surface area contributed by atoms with Crippen LogP contribution in [0.3, 0.4) is 0 Å². The van der Waals surface area contributed by atoms with E-state index in [9.17, 15) is 8.42 Å². The quantitative estimate of drug-likeness (QED) is 0.731. The number of benzene rings is 1. The van der Waals surface area contributed by atoms with Gasteiger partial charge >= 0.3 is 0 Å². The largest absolute Gasteiger partial charge is 0.379 e. The lowest BCUT2D eigenvalue weighted by molar-refractivity contribution is 0.152. The zero-order chi connectivity index (χ0) is 13.4. The predicted molar refractivity (Wildman–Crippen MR) is 68.0 cm³/mol. The third kappa shape index (κ3) is 4.45. The second-order valence-electron chi connectivity index (χ2n) is 3.67. The average molecular weight is 268 g/mol. The van der Waals surface area contributed by atoms with Gasteiger partial charge in [-0.15, -0.1) is 0 Å². The van der Waals surface area contributed by atoms with Crippen LogP contribution in [0, 0.1) is 11.3 Å². The summed E-state index contributed by atoms with van der Waals surface area (Å²) >= 11 is 0. The highest BCUT2D eigenvalue weighted by Gasteiger charge is 2.13. The van der Waals surface area contributed by atoms with Crippen molar-refractivity contribution in [2.24, 2.45) is 0 Å². The number of rotatable bonds is 7. The highest BCUT2D eigenvalue weighted by atomic mass is 32.2. The summed E-state index contributed by atoms with van der Waals surface area (Å²) < 4.78 is 29.0. The molecule has 0 saturated carbocycles. The second kappa shape index (κ2) is 7.11. The molecule has 0 amide bonds. The fraction of sp³-hybridized carbons (Fsp3) is 0.417. The van der Waals surface area contributed by atoms with Gasteiger partial charge in [-0.3, -0.25) is 0 Å². The van der Waals surface area contributed by atoms with E-state index >= 15 is 0 Å². The van der Waals surface area contributed by atoms with Gasteiger partial charge in [-0.2, -0.15) is 5.26 Å². The summed E-state index contributed by atoms with van der Waals surface area (Å²) in [6.45, 7) is 1.35. The Morgan fingerprint density at radius 3 is 2.50 bits per heavy atom. The fourth-order valence-electron chi connectivity index (χ4n) is 1.30. The van der Waals surface area contributed by atoms with E-state index < -0.39 is 9.84 Å². The maximum atomic E-state index is 11.9. The maximum Gasteiger partial charge on any atom is 0.180 e. The molecule has 0 aliphatic heterocycles.